The van der Waals surface area contributed by atoms with E-state index in [4.69, 9.17) is 4.74 Å². The number of ether oxygens (including phenoxy) is 1. The summed E-state index contributed by atoms with van der Waals surface area (Å²) in [7, 11) is 2.05. The number of rotatable bonds is 5. The maximum absolute atomic E-state index is 6.77. The van der Waals surface area contributed by atoms with Crippen molar-refractivity contribution < 1.29 is 4.74 Å². The smallest absolute Gasteiger partial charge is 0.0698 e. The van der Waals surface area contributed by atoms with Gasteiger partial charge in [-0.05, 0) is 75.3 Å². The lowest BCUT2D eigenvalue weighted by Gasteiger charge is -2.48. The molecular weight excluding hydrogens is 234 g/mol. The molecule has 0 aromatic rings. The third kappa shape index (κ3) is 1.90. The lowest BCUT2D eigenvalue weighted by molar-refractivity contribution is -0.180. The van der Waals surface area contributed by atoms with Gasteiger partial charge in [-0.3, -0.25) is 0 Å². The first-order valence-electron chi connectivity index (χ1n) is 8.26. The molecule has 110 valence electrons. The van der Waals surface area contributed by atoms with Crippen LogP contribution in [0, 0.1) is 16.7 Å². The Morgan fingerprint density at radius 1 is 1.16 bits per heavy atom. The fraction of sp³-hybridized carbons (Fsp3) is 1.00. The lowest BCUT2D eigenvalue weighted by atomic mass is 9.69. The minimum absolute atomic E-state index is 0.219. The average Bonchev–Trinajstić information content (AvgIpc) is 2.65. The zero-order valence-electron chi connectivity index (χ0n) is 13.2. The van der Waals surface area contributed by atoms with E-state index >= 15 is 0 Å². The van der Waals surface area contributed by atoms with Gasteiger partial charge in [0.2, 0.25) is 0 Å². The van der Waals surface area contributed by atoms with Crippen molar-refractivity contribution in [3.63, 3.8) is 0 Å². The van der Waals surface area contributed by atoms with Crippen molar-refractivity contribution in [1.82, 2.24) is 5.32 Å². The van der Waals surface area contributed by atoms with Crippen molar-refractivity contribution in [2.75, 3.05) is 13.6 Å². The van der Waals surface area contributed by atoms with Crippen LogP contribution in [0.4, 0.5) is 0 Å². The molecule has 3 rings (SSSR count). The predicted octanol–water partition coefficient (Wildman–Crippen LogP) is 3.75. The number of nitrogens with one attached hydrogen (secondary N) is 1. The topological polar surface area (TPSA) is 21.3 Å². The Kier molecular flexibility index (Phi) is 3.26. The minimum atomic E-state index is 0.219. The van der Waals surface area contributed by atoms with Crippen LogP contribution >= 0.6 is 0 Å². The normalized spacial score (nSPS) is 42.3. The molecule has 2 heteroatoms. The largest absolute Gasteiger partial charge is 0.371 e. The fourth-order valence-electron chi connectivity index (χ4n) is 4.96. The monoisotopic (exact) mass is 265 g/mol. The molecule has 0 aromatic carbocycles. The van der Waals surface area contributed by atoms with E-state index in [1.54, 1.807) is 0 Å². The van der Waals surface area contributed by atoms with Gasteiger partial charge in [-0.15, -0.1) is 0 Å². The van der Waals surface area contributed by atoms with Gasteiger partial charge in [0.15, 0.2) is 0 Å². The molecule has 3 unspecified atom stereocenters. The summed E-state index contributed by atoms with van der Waals surface area (Å²) in [4.78, 5) is 0. The Morgan fingerprint density at radius 3 is 2.32 bits per heavy atom. The second-order valence-corrected chi connectivity index (χ2v) is 8.11. The highest BCUT2D eigenvalue weighted by atomic mass is 16.5. The first kappa shape index (κ1) is 13.9. The van der Waals surface area contributed by atoms with E-state index in [2.05, 4.69) is 26.1 Å². The van der Waals surface area contributed by atoms with Crippen LogP contribution in [0.3, 0.4) is 0 Å². The summed E-state index contributed by atoms with van der Waals surface area (Å²) < 4.78 is 6.77. The summed E-state index contributed by atoms with van der Waals surface area (Å²) in [5.41, 5.74) is 1.11. The standard InChI is InChI=1S/C17H31NO/c1-15(2)13-6-9-16(15,3)14(12-13)19-17(7-5-8-17)10-11-18-4/h13-14,18H,5-12H2,1-4H3. The Labute approximate surface area is 118 Å². The van der Waals surface area contributed by atoms with Gasteiger partial charge in [0.05, 0.1) is 11.7 Å². The molecule has 3 saturated carbocycles. The first-order valence-corrected chi connectivity index (χ1v) is 8.26. The van der Waals surface area contributed by atoms with E-state index in [9.17, 15) is 0 Å². The van der Waals surface area contributed by atoms with Crippen molar-refractivity contribution in [2.45, 2.75) is 77.4 Å². The minimum Gasteiger partial charge on any atom is -0.371 e. The van der Waals surface area contributed by atoms with E-state index in [1.807, 2.05) is 7.05 Å². The van der Waals surface area contributed by atoms with Crippen LogP contribution in [0.25, 0.3) is 0 Å². The Balaban J connectivity index is 1.71. The van der Waals surface area contributed by atoms with E-state index < -0.39 is 0 Å². The fourth-order valence-corrected chi connectivity index (χ4v) is 4.96. The molecule has 1 N–H and O–H groups in total. The molecule has 0 aromatic heterocycles. The lowest BCUT2D eigenvalue weighted by Crippen LogP contribution is -2.49. The molecule has 0 amide bonds. The summed E-state index contributed by atoms with van der Waals surface area (Å²) in [5.74, 6) is 0.893. The molecule has 0 spiro atoms. The van der Waals surface area contributed by atoms with Crippen LogP contribution in [0.15, 0.2) is 0 Å². The maximum atomic E-state index is 6.77. The van der Waals surface area contributed by atoms with Gasteiger partial charge < -0.3 is 10.1 Å². The van der Waals surface area contributed by atoms with E-state index in [0.29, 0.717) is 16.9 Å². The molecule has 0 radical (unpaired) electrons. The molecule has 3 aliphatic rings. The molecule has 3 aliphatic carbocycles. The number of hydrogen-bond donors (Lipinski definition) is 1. The van der Waals surface area contributed by atoms with Crippen LogP contribution in [0.5, 0.6) is 0 Å². The molecule has 3 atom stereocenters. The molecule has 19 heavy (non-hydrogen) atoms. The summed E-state index contributed by atoms with van der Waals surface area (Å²) in [5, 5.41) is 3.30. The third-order valence-corrected chi connectivity index (χ3v) is 7.20. The van der Waals surface area contributed by atoms with Crippen molar-refractivity contribution in [3.05, 3.63) is 0 Å². The molecular formula is C17H31NO. The highest BCUT2D eigenvalue weighted by Crippen LogP contribution is 2.67. The predicted molar refractivity (Wildman–Crippen MR) is 79.2 cm³/mol. The SMILES string of the molecule is CNCCC1(OC2CC3CCC2(C)C3(C)C)CCC1. The van der Waals surface area contributed by atoms with Crippen molar-refractivity contribution in [3.8, 4) is 0 Å². The molecule has 2 nitrogen and oxygen atoms in total. The highest BCUT2D eigenvalue weighted by Gasteiger charge is 2.63. The quantitative estimate of drug-likeness (QED) is 0.817. The molecule has 0 aliphatic heterocycles. The summed E-state index contributed by atoms with van der Waals surface area (Å²) in [6.45, 7) is 8.55. The van der Waals surface area contributed by atoms with Gasteiger partial charge in [0.1, 0.15) is 0 Å². The number of hydrogen-bond acceptors (Lipinski definition) is 2. The maximum Gasteiger partial charge on any atom is 0.0698 e. The Bertz CT molecular complexity index is 347. The van der Waals surface area contributed by atoms with Crippen molar-refractivity contribution >= 4 is 0 Å². The summed E-state index contributed by atoms with van der Waals surface area (Å²) in [6, 6.07) is 0. The Hall–Kier alpha value is -0.0800. The molecule has 0 heterocycles. The van der Waals surface area contributed by atoms with Gasteiger partial charge in [-0.1, -0.05) is 20.8 Å². The zero-order chi connectivity index (χ0) is 13.7. The van der Waals surface area contributed by atoms with Crippen LogP contribution in [0.2, 0.25) is 0 Å². The third-order valence-electron chi connectivity index (χ3n) is 7.20. The highest BCUT2D eigenvalue weighted by molar-refractivity contribution is 5.12. The van der Waals surface area contributed by atoms with Gasteiger partial charge in [0, 0.05) is 0 Å². The van der Waals surface area contributed by atoms with E-state index in [-0.39, 0.29) is 5.60 Å². The van der Waals surface area contributed by atoms with Crippen LogP contribution < -0.4 is 5.32 Å². The molecule has 2 bridgehead atoms. The van der Waals surface area contributed by atoms with Gasteiger partial charge in [-0.25, -0.2) is 0 Å². The van der Waals surface area contributed by atoms with Crippen LogP contribution in [-0.2, 0) is 4.74 Å². The van der Waals surface area contributed by atoms with Gasteiger partial charge in [-0.2, -0.15) is 0 Å². The van der Waals surface area contributed by atoms with Crippen molar-refractivity contribution in [1.29, 1.82) is 0 Å². The summed E-state index contributed by atoms with van der Waals surface area (Å²) in [6.07, 6.45) is 9.74. The van der Waals surface area contributed by atoms with Crippen LogP contribution in [0.1, 0.15) is 65.7 Å². The second-order valence-electron chi connectivity index (χ2n) is 8.11. The zero-order valence-corrected chi connectivity index (χ0v) is 13.2. The summed E-state index contributed by atoms with van der Waals surface area (Å²) >= 11 is 0. The second kappa shape index (κ2) is 4.46. The molecule has 3 fully saturated rings. The van der Waals surface area contributed by atoms with Gasteiger partial charge >= 0.3 is 0 Å². The van der Waals surface area contributed by atoms with Crippen LogP contribution in [-0.4, -0.2) is 25.3 Å². The van der Waals surface area contributed by atoms with E-state index in [0.717, 1.165) is 12.5 Å². The van der Waals surface area contributed by atoms with Crippen molar-refractivity contribution in [2.24, 2.45) is 16.7 Å². The average molecular weight is 265 g/mol. The Morgan fingerprint density at radius 2 is 1.89 bits per heavy atom. The van der Waals surface area contributed by atoms with E-state index in [1.165, 1.54) is 44.9 Å². The first-order chi connectivity index (χ1) is 8.94. The number of fused-ring (bicyclic) bond motifs is 2. The van der Waals surface area contributed by atoms with Gasteiger partial charge in [0.25, 0.3) is 0 Å². The molecule has 0 saturated heterocycles.